The van der Waals surface area contributed by atoms with Crippen molar-refractivity contribution in [3.05, 3.63) is 47.5 Å². The lowest BCUT2D eigenvalue weighted by Crippen LogP contribution is -2.29. The number of hydrogen-bond donors (Lipinski definition) is 1. The smallest absolute Gasteiger partial charge is 0.220 e. The molecule has 0 bridgehead atoms. The molecule has 23 heavy (non-hydrogen) atoms. The van der Waals surface area contributed by atoms with Crippen LogP contribution in [0, 0.1) is 11.6 Å². The largest absolute Gasteiger partial charge is 0.346 e. The zero-order valence-electron chi connectivity index (χ0n) is 13.2. The molecule has 0 saturated heterocycles. The first-order valence-corrected chi connectivity index (χ1v) is 7.62. The van der Waals surface area contributed by atoms with Crippen LogP contribution in [-0.2, 0) is 17.8 Å². The van der Waals surface area contributed by atoms with Crippen molar-refractivity contribution in [2.24, 2.45) is 0 Å². The molecule has 7 heteroatoms. The van der Waals surface area contributed by atoms with Gasteiger partial charge in [0, 0.05) is 19.0 Å². The summed E-state index contributed by atoms with van der Waals surface area (Å²) in [6.07, 6.45) is 2.71. The minimum absolute atomic E-state index is 0.120. The highest BCUT2D eigenvalue weighted by Crippen LogP contribution is 2.13. The summed E-state index contributed by atoms with van der Waals surface area (Å²) in [5, 5.41) is 6.94. The van der Waals surface area contributed by atoms with Crippen molar-refractivity contribution >= 4 is 5.91 Å². The summed E-state index contributed by atoms with van der Waals surface area (Å²) < 4.78 is 28.1. The van der Waals surface area contributed by atoms with Gasteiger partial charge >= 0.3 is 0 Å². The molecule has 0 aliphatic rings. The number of rotatable bonds is 7. The maximum atomic E-state index is 13.5. The second-order valence-electron chi connectivity index (χ2n) is 5.37. The van der Waals surface area contributed by atoms with Gasteiger partial charge in [0.15, 0.2) is 0 Å². The molecule has 124 valence electrons. The fraction of sp³-hybridized carbons (Fsp3) is 0.438. The van der Waals surface area contributed by atoms with E-state index < -0.39 is 11.6 Å². The van der Waals surface area contributed by atoms with E-state index in [0.29, 0.717) is 11.4 Å². The van der Waals surface area contributed by atoms with Gasteiger partial charge in [0.2, 0.25) is 5.91 Å². The maximum absolute atomic E-state index is 13.5. The Kier molecular flexibility index (Phi) is 5.78. The molecule has 1 aromatic carbocycles. The topological polar surface area (TPSA) is 59.8 Å². The quantitative estimate of drug-likeness (QED) is 0.853. The number of carbonyl (C=O) groups is 1. The summed E-state index contributed by atoms with van der Waals surface area (Å²) in [5.74, 6) is -0.784. The lowest BCUT2D eigenvalue weighted by atomic mass is 10.1. The van der Waals surface area contributed by atoms with Gasteiger partial charge in [0.05, 0.1) is 6.04 Å². The van der Waals surface area contributed by atoms with E-state index in [0.717, 1.165) is 19.0 Å². The number of aromatic nitrogens is 3. The summed E-state index contributed by atoms with van der Waals surface area (Å²) >= 11 is 0. The fourth-order valence-electron chi connectivity index (χ4n) is 2.34. The average molecular weight is 322 g/mol. The van der Waals surface area contributed by atoms with Crippen LogP contribution in [0.2, 0.25) is 0 Å². The molecule has 1 heterocycles. The van der Waals surface area contributed by atoms with Crippen molar-refractivity contribution in [3.8, 4) is 0 Å². The number of carbonyl (C=O) groups excluding carboxylic acids is 1. The lowest BCUT2D eigenvalue weighted by molar-refractivity contribution is -0.121. The van der Waals surface area contributed by atoms with Crippen LogP contribution in [0.4, 0.5) is 8.78 Å². The van der Waals surface area contributed by atoms with Crippen LogP contribution in [0.1, 0.15) is 44.1 Å². The number of halogens is 2. The Hall–Kier alpha value is -2.31. The Morgan fingerprint density at radius 1 is 1.39 bits per heavy atom. The third-order valence-corrected chi connectivity index (χ3v) is 3.48. The second kappa shape index (κ2) is 7.80. The lowest BCUT2D eigenvalue weighted by Gasteiger charge is -2.14. The van der Waals surface area contributed by atoms with Gasteiger partial charge < -0.3 is 5.32 Å². The van der Waals surface area contributed by atoms with Crippen LogP contribution in [0.15, 0.2) is 24.5 Å². The molecular formula is C16H20F2N4O. The van der Waals surface area contributed by atoms with Crippen molar-refractivity contribution in [1.82, 2.24) is 20.1 Å². The van der Waals surface area contributed by atoms with Gasteiger partial charge in [-0.3, -0.25) is 4.79 Å². The summed E-state index contributed by atoms with van der Waals surface area (Å²) in [7, 11) is 0. The molecule has 0 aliphatic carbocycles. The minimum Gasteiger partial charge on any atom is -0.346 e. The normalized spacial score (nSPS) is 12.2. The monoisotopic (exact) mass is 322 g/mol. The first kappa shape index (κ1) is 17.1. The number of hydrogen-bond acceptors (Lipinski definition) is 3. The van der Waals surface area contributed by atoms with Crippen molar-refractivity contribution < 1.29 is 13.6 Å². The molecule has 1 N–H and O–H groups in total. The Labute approximate surface area is 133 Å². The number of nitrogens with zero attached hydrogens (tertiary/aromatic N) is 3. The standard InChI is InChI=1S/C16H20F2N4O/c1-3-8-22-16(19-10-20-22)11(2)21-15(23)7-5-12-4-6-13(17)9-14(12)18/h4,6,9-11H,3,5,7-8H2,1-2H3,(H,21,23)/t11-/m1/s1. The van der Waals surface area contributed by atoms with Crippen LogP contribution in [0.3, 0.4) is 0 Å². The molecule has 2 aromatic rings. The number of aryl methyl sites for hydroxylation is 2. The molecule has 0 fully saturated rings. The van der Waals surface area contributed by atoms with Crippen molar-refractivity contribution in [2.75, 3.05) is 0 Å². The second-order valence-corrected chi connectivity index (χ2v) is 5.37. The molecule has 1 amide bonds. The molecule has 1 aromatic heterocycles. The first-order valence-electron chi connectivity index (χ1n) is 7.62. The van der Waals surface area contributed by atoms with Crippen LogP contribution < -0.4 is 5.32 Å². The molecule has 2 rings (SSSR count). The Bertz CT molecular complexity index is 672. The molecule has 0 spiro atoms. The SMILES string of the molecule is CCCn1ncnc1[C@@H](C)NC(=O)CCc1ccc(F)cc1F. The van der Waals surface area contributed by atoms with E-state index in [1.54, 1.807) is 4.68 Å². The minimum atomic E-state index is -0.631. The van der Waals surface area contributed by atoms with E-state index in [9.17, 15) is 13.6 Å². The van der Waals surface area contributed by atoms with E-state index in [-0.39, 0.29) is 24.8 Å². The van der Waals surface area contributed by atoms with E-state index >= 15 is 0 Å². The average Bonchev–Trinajstić information content (AvgIpc) is 2.95. The first-order chi connectivity index (χ1) is 11.0. The third kappa shape index (κ3) is 4.58. The van der Waals surface area contributed by atoms with Gasteiger partial charge in [-0.2, -0.15) is 5.10 Å². The highest BCUT2D eigenvalue weighted by molar-refractivity contribution is 5.76. The van der Waals surface area contributed by atoms with Crippen LogP contribution in [0.5, 0.6) is 0 Å². The molecule has 0 radical (unpaired) electrons. The highest BCUT2D eigenvalue weighted by Gasteiger charge is 2.15. The van der Waals surface area contributed by atoms with E-state index in [2.05, 4.69) is 15.4 Å². The van der Waals surface area contributed by atoms with Crippen molar-refractivity contribution in [3.63, 3.8) is 0 Å². The third-order valence-electron chi connectivity index (χ3n) is 3.48. The van der Waals surface area contributed by atoms with E-state index in [1.165, 1.54) is 18.5 Å². The Morgan fingerprint density at radius 2 is 2.17 bits per heavy atom. The number of benzene rings is 1. The molecular weight excluding hydrogens is 302 g/mol. The van der Waals surface area contributed by atoms with E-state index in [1.807, 2.05) is 13.8 Å². The molecule has 0 aliphatic heterocycles. The van der Waals surface area contributed by atoms with Gasteiger partial charge in [-0.1, -0.05) is 13.0 Å². The predicted octanol–water partition coefficient (Wildman–Crippen LogP) is 2.78. The van der Waals surface area contributed by atoms with E-state index in [4.69, 9.17) is 0 Å². The van der Waals surface area contributed by atoms with Gasteiger partial charge in [0.25, 0.3) is 0 Å². The predicted molar refractivity (Wildman–Crippen MR) is 81.5 cm³/mol. The summed E-state index contributed by atoms with van der Waals surface area (Å²) in [5.41, 5.74) is 0.323. The molecule has 0 unspecified atom stereocenters. The molecule has 0 saturated carbocycles. The van der Waals surface area contributed by atoms with Gasteiger partial charge in [0.1, 0.15) is 23.8 Å². The zero-order valence-corrected chi connectivity index (χ0v) is 13.2. The number of nitrogens with one attached hydrogen (secondary N) is 1. The zero-order chi connectivity index (χ0) is 16.8. The fourth-order valence-corrected chi connectivity index (χ4v) is 2.34. The van der Waals surface area contributed by atoms with Crippen LogP contribution in [-0.4, -0.2) is 20.7 Å². The van der Waals surface area contributed by atoms with Crippen molar-refractivity contribution in [2.45, 2.75) is 45.7 Å². The summed E-state index contributed by atoms with van der Waals surface area (Å²) in [6, 6.07) is 3.09. The van der Waals surface area contributed by atoms with Crippen LogP contribution in [0.25, 0.3) is 0 Å². The molecule has 1 atom stereocenters. The number of amides is 1. The molecule has 5 nitrogen and oxygen atoms in total. The van der Waals surface area contributed by atoms with Gasteiger partial charge in [-0.15, -0.1) is 0 Å². The van der Waals surface area contributed by atoms with Gasteiger partial charge in [-0.05, 0) is 31.4 Å². The Morgan fingerprint density at radius 3 is 2.87 bits per heavy atom. The summed E-state index contributed by atoms with van der Waals surface area (Å²) in [4.78, 5) is 16.2. The summed E-state index contributed by atoms with van der Waals surface area (Å²) in [6.45, 7) is 4.59. The Balaban J connectivity index is 1.90. The van der Waals surface area contributed by atoms with Gasteiger partial charge in [-0.25, -0.2) is 18.4 Å². The highest BCUT2D eigenvalue weighted by atomic mass is 19.1. The maximum Gasteiger partial charge on any atom is 0.220 e. The van der Waals surface area contributed by atoms with Crippen molar-refractivity contribution in [1.29, 1.82) is 0 Å². The van der Waals surface area contributed by atoms with Crippen LogP contribution >= 0.6 is 0 Å².